The topological polar surface area (TPSA) is 151 Å². The molecule has 2 aromatic heterocycles. The van der Waals surface area contributed by atoms with Crippen LogP contribution < -0.4 is 5.73 Å². The Labute approximate surface area is 186 Å². The fraction of sp³-hybridized carbons (Fsp3) is 0.381. The molecule has 0 atom stereocenters. The first-order chi connectivity index (χ1) is 14.9. The molecule has 0 aliphatic heterocycles. The second kappa shape index (κ2) is 8.65. The van der Waals surface area contributed by atoms with Crippen LogP contribution in [0.15, 0.2) is 39.8 Å². The summed E-state index contributed by atoms with van der Waals surface area (Å²) in [5.74, 6) is -0.365. The average molecular weight is 460 g/mol. The van der Waals surface area contributed by atoms with E-state index in [4.69, 9.17) is 14.9 Å². The Morgan fingerprint density at radius 3 is 2.41 bits per heavy atom. The summed E-state index contributed by atoms with van der Waals surface area (Å²) >= 11 is 0. The van der Waals surface area contributed by atoms with E-state index in [-0.39, 0.29) is 34.6 Å². The van der Waals surface area contributed by atoms with Gasteiger partial charge in [-0.1, -0.05) is 12.1 Å². The fourth-order valence-corrected chi connectivity index (χ4v) is 3.76. The van der Waals surface area contributed by atoms with Crippen LogP contribution in [-0.4, -0.2) is 45.4 Å². The normalized spacial score (nSPS) is 12.2. The zero-order valence-corrected chi connectivity index (χ0v) is 19.3. The van der Waals surface area contributed by atoms with Crippen molar-refractivity contribution in [1.29, 1.82) is 0 Å². The summed E-state index contributed by atoms with van der Waals surface area (Å²) in [5.41, 5.74) is 6.54. The molecule has 0 aliphatic rings. The number of sulfone groups is 1. The molecule has 1 aromatic carbocycles. The number of nitrogen functional groups attached to an aromatic ring is 1. The number of hydrogen-bond donors (Lipinski definition) is 1. The van der Waals surface area contributed by atoms with Crippen molar-refractivity contribution in [2.75, 3.05) is 5.73 Å². The van der Waals surface area contributed by atoms with Crippen LogP contribution in [0.1, 0.15) is 40.5 Å². The van der Waals surface area contributed by atoms with Crippen molar-refractivity contribution in [3.63, 3.8) is 0 Å². The number of hydrogen-bond acceptors (Lipinski definition) is 10. The Hall–Kier alpha value is -3.34. The summed E-state index contributed by atoms with van der Waals surface area (Å²) in [7, 11) is -3.38. The van der Waals surface area contributed by atoms with Gasteiger partial charge in [-0.3, -0.25) is 4.79 Å². The number of ether oxygens (including phenoxy) is 1. The zero-order valence-electron chi connectivity index (χ0n) is 18.5. The Kier molecular flexibility index (Phi) is 6.31. The van der Waals surface area contributed by atoms with Crippen LogP contribution in [-0.2, 0) is 25.8 Å². The van der Waals surface area contributed by atoms with Gasteiger partial charge in [0.25, 0.3) is 5.89 Å². The predicted octanol–water partition coefficient (Wildman–Crippen LogP) is 2.84. The fourth-order valence-electron chi connectivity index (χ4n) is 2.70. The van der Waals surface area contributed by atoms with Crippen LogP contribution in [0, 0.1) is 0 Å². The number of nitrogens with two attached hydrogens (primary N) is 1. The van der Waals surface area contributed by atoms with Crippen LogP contribution in [0.2, 0.25) is 0 Å². The molecule has 0 spiro atoms. The van der Waals surface area contributed by atoms with E-state index in [0.29, 0.717) is 11.3 Å². The van der Waals surface area contributed by atoms with Crippen LogP contribution >= 0.6 is 0 Å². The second-order valence-electron chi connectivity index (χ2n) is 8.37. The van der Waals surface area contributed by atoms with Crippen molar-refractivity contribution in [3.8, 4) is 22.8 Å². The number of anilines is 1. The number of carbonyl (C=O) groups excluding carboxylic acids is 1. The largest absolute Gasteiger partial charge is 0.460 e. The van der Waals surface area contributed by atoms with E-state index < -0.39 is 26.7 Å². The molecule has 0 saturated heterocycles. The van der Waals surface area contributed by atoms with Gasteiger partial charge in [-0.05, 0) is 46.8 Å². The molecule has 0 unspecified atom stereocenters. The second-order valence-corrected chi connectivity index (χ2v) is 10.9. The van der Waals surface area contributed by atoms with Crippen LogP contribution in [0.4, 0.5) is 5.82 Å². The number of aromatic nitrogens is 4. The summed E-state index contributed by atoms with van der Waals surface area (Å²) < 4.78 is 35.4. The molecule has 2 N–H and O–H groups in total. The Morgan fingerprint density at radius 1 is 1.16 bits per heavy atom. The van der Waals surface area contributed by atoms with Gasteiger partial charge in [-0.25, -0.2) is 18.4 Å². The molecule has 10 nitrogen and oxygen atoms in total. The lowest BCUT2D eigenvalue weighted by Crippen LogP contribution is -2.24. The molecule has 0 saturated carbocycles. The van der Waals surface area contributed by atoms with Crippen molar-refractivity contribution in [2.24, 2.45) is 0 Å². The van der Waals surface area contributed by atoms with Gasteiger partial charge in [0, 0.05) is 5.56 Å². The maximum Gasteiger partial charge on any atom is 0.315 e. The maximum atomic E-state index is 12.3. The lowest BCUT2D eigenvalue weighted by Gasteiger charge is -2.18. The van der Waals surface area contributed by atoms with E-state index in [1.54, 1.807) is 46.8 Å². The molecular weight excluding hydrogens is 434 g/mol. The van der Waals surface area contributed by atoms with Crippen molar-refractivity contribution in [1.82, 2.24) is 20.2 Å². The lowest BCUT2D eigenvalue weighted by molar-refractivity contribution is -0.154. The lowest BCUT2D eigenvalue weighted by atomic mass is 10.1. The van der Waals surface area contributed by atoms with Crippen LogP contribution in [0.5, 0.6) is 0 Å². The Bertz CT molecular complexity index is 1230. The van der Waals surface area contributed by atoms with E-state index in [1.165, 1.54) is 18.3 Å². The van der Waals surface area contributed by atoms with E-state index in [2.05, 4.69) is 20.2 Å². The highest BCUT2D eigenvalue weighted by Gasteiger charge is 2.22. The first-order valence-corrected chi connectivity index (χ1v) is 11.4. The molecule has 170 valence electrons. The maximum absolute atomic E-state index is 12.3. The Morgan fingerprint density at radius 2 is 1.81 bits per heavy atom. The highest BCUT2D eigenvalue weighted by atomic mass is 32.2. The number of benzene rings is 1. The molecule has 0 bridgehead atoms. The molecule has 11 heteroatoms. The van der Waals surface area contributed by atoms with Gasteiger partial charge in [0.05, 0.1) is 22.0 Å². The summed E-state index contributed by atoms with van der Waals surface area (Å²) in [5, 5.41) is 7.24. The van der Waals surface area contributed by atoms with Crippen molar-refractivity contribution in [3.05, 3.63) is 36.4 Å². The minimum Gasteiger partial charge on any atom is -0.460 e. The van der Waals surface area contributed by atoms with Crippen LogP contribution in [0.3, 0.4) is 0 Å². The molecule has 3 rings (SSSR count). The molecular formula is C21H25N5O5S. The van der Waals surface area contributed by atoms with Gasteiger partial charge in [-0.2, -0.15) is 0 Å². The van der Waals surface area contributed by atoms with Gasteiger partial charge in [0.1, 0.15) is 12.0 Å². The summed E-state index contributed by atoms with van der Waals surface area (Å²) in [6, 6.07) is 6.32. The SMILES string of the molecule is CC(C)S(=O)(=O)c1ccc(-c2cnc(N)c(-c3nnc(CC(=O)OC(C)(C)C)o3)n2)cc1. The first kappa shape index (κ1) is 23.3. The molecule has 32 heavy (non-hydrogen) atoms. The van der Waals surface area contributed by atoms with Crippen LogP contribution in [0.25, 0.3) is 22.8 Å². The first-order valence-electron chi connectivity index (χ1n) is 9.88. The number of nitrogens with zero attached hydrogens (tertiary/aromatic N) is 4. The summed E-state index contributed by atoms with van der Waals surface area (Å²) in [6.07, 6.45) is 1.27. The van der Waals surface area contributed by atoms with E-state index in [0.717, 1.165) is 0 Å². The van der Waals surface area contributed by atoms with Gasteiger partial charge >= 0.3 is 5.97 Å². The third-order valence-electron chi connectivity index (χ3n) is 4.29. The highest BCUT2D eigenvalue weighted by molar-refractivity contribution is 7.92. The molecule has 0 amide bonds. The van der Waals surface area contributed by atoms with Gasteiger partial charge in [-0.15, -0.1) is 10.2 Å². The number of rotatable bonds is 6. The van der Waals surface area contributed by atoms with Crippen molar-refractivity contribution < 1.29 is 22.4 Å². The number of esters is 1. The van der Waals surface area contributed by atoms with E-state index in [9.17, 15) is 13.2 Å². The van der Waals surface area contributed by atoms with Crippen molar-refractivity contribution >= 4 is 21.6 Å². The molecule has 0 radical (unpaired) electrons. The average Bonchev–Trinajstić information content (AvgIpc) is 3.15. The summed E-state index contributed by atoms with van der Waals surface area (Å²) in [4.78, 5) is 20.8. The van der Waals surface area contributed by atoms with E-state index >= 15 is 0 Å². The molecule has 2 heterocycles. The predicted molar refractivity (Wildman–Crippen MR) is 117 cm³/mol. The van der Waals surface area contributed by atoms with Gasteiger partial charge in [0.2, 0.25) is 5.89 Å². The van der Waals surface area contributed by atoms with E-state index in [1.807, 2.05) is 0 Å². The minimum absolute atomic E-state index is 0.00872. The van der Waals surface area contributed by atoms with Gasteiger partial charge < -0.3 is 14.9 Å². The molecule has 0 aliphatic carbocycles. The summed E-state index contributed by atoms with van der Waals surface area (Å²) in [6.45, 7) is 8.54. The quantitative estimate of drug-likeness (QED) is 0.545. The molecule has 0 fully saturated rings. The smallest absolute Gasteiger partial charge is 0.315 e. The van der Waals surface area contributed by atoms with Crippen molar-refractivity contribution in [2.45, 2.75) is 56.8 Å². The highest BCUT2D eigenvalue weighted by Crippen LogP contribution is 2.27. The molecule has 3 aromatic rings. The standard InChI is InChI=1S/C21H25N5O5S/c1-12(2)32(28,29)14-8-6-13(7-9-14)15-11-23-19(22)18(24-15)20-26-25-16(30-20)10-17(27)31-21(3,4)5/h6-9,11-12H,10H2,1-5H3,(H2,22,23). The minimum atomic E-state index is -3.38. The number of carbonyl (C=O) groups is 1. The monoisotopic (exact) mass is 459 g/mol. The zero-order chi connectivity index (χ0) is 23.7. The van der Waals surface area contributed by atoms with Gasteiger partial charge in [0.15, 0.2) is 21.3 Å². The third-order valence-corrected chi connectivity index (χ3v) is 6.46. The third kappa shape index (κ3) is 5.28. The Balaban J connectivity index is 1.86.